The molecule has 0 saturated heterocycles. The van der Waals surface area contributed by atoms with Crippen molar-refractivity contribution in [2.24, 2.45) is 0 Å². The van der Waals surface area contributed by atoms with E-state index in [2.05, 4.69) is 10.2 Å². The third-order valence-corrected chi connectivity index (χ3v) is 3.68. The van der Waals surface area contributed by atoms with Crippen molar-refractivity contribution in [2.45, 2.75) is 18.6 Å². The van der Waals surface area contributed by atoms with Crippen LogP contribution in [0.5, 0.6) is 0 Å². The molecule has 0 amide bonds. The number of aromatic nitrogens is 3. The zero-order chi connectivity index (χ0) is 13.8. The van der Waals surface area contributed by atoms with Gasteiger partial charge in [-0.05, 0) is 24.6 Å². The van der Waals surface area contributed by atoms with Crippen LogP contribution in [0.3, 0.4) is 0 Å². The predicted octanol–water partition coefficient (Wildman–Crippen LogP) is 2.46. The Bertz CT molecular complexity index is 583. The molecule has 0 aliphatic carbocycles. The number of aryl methyl sites for hydroxylation is 1. The van der Waals surface area contributed by atoms with Gasteiger partial charge in [-0.25, -0.2) is 0 Å². The Morgan fingerprint density at radius 3 is 2.68 bits per heavy atom. The van der Waals surface area contributed by atoms with Crippen LogP contribution in [0.2, 0.25) is 5.02 Å². The van der Waals surface area contributed by atoms with Crippen molar-refractivity contribution in [3.05, 3.63) is 40.7 Å². The van der Waals surface area contributed by atoms with Crippen LogP contribution in [0.25, 0.3) is 0 Å². The number of aliphatic carboxylic acids is 1. The first-order valence-corrected chi connectivity index (χ1v) is 6.91. The summed E-state index contributed by atoms with van der Waals surface area (Å²) in [6, 6.07) is 7.49. The van der Waals surface area contributed by atoms with Crippen LogP contribution in [0.15, 0.2) is 29.4 Å². The zero-order valence-electron chi connectivity index (χ0n) is 10.2. The molecule has 0 spiro atoms. The van der Waals surface area contributed by atoms with E-state index in [0.29, 0.717) is 16.7 Å². The quantitative estimate of drug-likeness (QED) is 0.859. The lowest BCUT2D eigenvalue weighted by atomic mass is 10.2. The highest BCUT2D eigenvalue weighted by atomic mass is 35.5. The van der Waals surface area contributed by atoms with Crippen molar-refractivity contribution in [2.75, 3.05) is 5.75 Å². The number of carboxylic acid groups (broad SMARTS) is 1. The summed E-state index contributed by atoms with van der Waals surface area (Å²) in [5, 5.41) is 18.0. The Labute approximate surface area is 119 Å². The van der Waals surface area contributed by atoms with Crippen molar-refractivity contribution < 1.29 is 9.90 Å². The monoisotopic (exact) mass is 297 g/mol. The van der Waals surface area contributed by atoms with Crippen molar-refractivity contribution in [3.8, 4) is 0 Å². The van der Waals surface area contributed by atoms with Crippen LogP contribution in [-0.2, 0) is 11.3 Å². The minimum atomic E-state index is -0.872. The molecular weight excluding hydrogens is 286 g/mol. The van der Waals surface area contributed by atoms with Crippen molar-refractivity contribution in [1.29, 1.82) is 0 Å². The second kappa shape index (κ2) is 6.08. The van der Waals surface area contributed by atoms with Crippen LogP contribution < -0.4 is 0 Å². The fourth-order valence-corrected chi connectivity index (χ4v) is 2.38. The molecule has 0 saturated carbocycles. The molecule has 2 rings (SSSR count). The highest BCUT2D eigenvalue weighted by Crippen LogP contribution is 2.19. The molecule has 1 aromatic heterocycles. The minimum absolute atomic E-state index is 0.0290. The summed E-state index contributed by atoms with van der Waals surface area (Å²) in [6.07, 6.45) is 0. The largest absolute Gasteiger partial charge is 0.481 e. The van der Waals surface area contributed by atoms with Gasteiger partial charge in [0.1, 0.15) is 5.82 Å². The topological polar surface area (TPSA) is 68.0 Å². The molecule has 0 radical (unpaired) electrons. The van der Waals surface area contributed by atoms with Crippen molar-refractivity contribution in [3.63, 3.8) is 0 Å². The van der Waals surface area contributed by atoms with E-state index in [1.807, 2.05) is 35.8 Å². The number of benzene rings is 1. The van der Waals surface area contributed by atoms with Gasteiger partial charge in [-0.15, -0.1) is 10.2 Å². The van der Waals surface area contributed by atoms with Gasteiger partial charge in [-0.2, -0.15) is 0 Å². The molecule has 1 N–H and O–H groups in total. The highest BCUT2D eigenvalue weighted by molar-refractivity contribution is 7.99. The molecule has 100 valence electrons. The Morgan fingerprint density at radius 1 is 1.37 bits per heavy atom. The van der Waals surface area contributed by atoms with E-state index in [9.17, 15) is 4.79 Å². The number of thioether (sulfide) groups is 1. The molecule has 0 bridgehead atoms. The van der Waals surface area contributed by atoms with Gasteiger partial charge >= 0.3 is 5.97 Å². The summed E-state index contributed by atoms with van der Waals surface area (Å²) < 4.78 is 1.89. The standard InChI is InChI=1S/C12H12ClN3O2S/c1-8-14-15-12(19-7-11(17)18)16(8)6-9-2-4-10(13)5-3-9/h2-5H,6-7H2,1H3,(H,17,18). The van der Waals surface area contributed by atoms with Gasteiger partial charge in [-0.3, -0.25) is 4.79 Å². The fourth-order valence-electron chi connectivity index (χ4n) is 1.55. The smallest absolute Gasteiger partial charge is 0.313 e. The molecule has 2 aromatic rings. The van der Waals surface area contributed by atoms with E-state index in [4.69, 9.17) is 16.7 Å². The summed E-state index contributed by atoms with van der Waals surface area (Å²) in [6.45, 7) is 2.44. The summed E-state index contributed by atoms with van der Waals surface area (Å²) >= 11 is 7.00. The SMILES string of the molecule is Cc1nnc(SCC(=O)O)n1Cc1ccc(Cl)cc1. The van der Waals surface area contributed by atoms with Crippen LogP contribution in [0, 0.1) is 6.92 Å². The Hall–Kier alpha value is -1.53. The third kappa shape index (κ3) is 3.71. The molecule has 7 heteroatoms. The number of carbonyl (C=O) groups is 1. The summed E-state index contributed by atoms with van der Waals surface area (Å²) in [5.74, 6) is -0.148. The first kappa shape index (κ1) is 13.9. The normalized spacial score (nSPS) is 10.6. The lowest BCUT2D eigenvalue weighted by molar-refractivity contribution is -0.133. The van der Waals surface area contributed by atoms with Crippen molar-refractivity contribution >= 4 is 29.3 Å². The van der Waals surface area contributed by atoms with Gasteiger partial charge < -0.3 is 9.67 Å². The van der Waals surface area contributed by atoms with Gasteiger partial charge in [0.05, 0.1) is 12.3 Å². The maximum Gasteiger partial charge on any atom is 0.313 e. The number of carboxylic acids is 1. The van der Waals surface area contributed by atoms with Crippen LogP contribution in [-0.4, -0.2) is 31.6 Å². The molecule has 1 aromatic carbocycles. The Morgan fingerprint density at radius 2 is 2.05 bits per heavy atom. The maximum absolute atomic E-state index is 10.6. The molecule has 0 unspecified atom stereocenters. The second-order valence-electron chi connectivity index (χ2n) is 3.92. The molecule has 0 aliphatic rings. The Balaban J connectivity index is 2.16. The van der Waals surface area contributed by atoms with E-state index in [-0.39, 0.29) is 5.75 Å². The highest BCUT2D eigenvalue weighted by Gasteiger charge is 2.11. The third-order valence-electron chi connectivity index (χ3n) is 2.48. The summed E-state index contributed by atoms with van der Waals surface area (Å²) in [5.41, 5.74) is 1.06. The average molecular weight is 298 g/mol. The first-order chi connectivity index (χ1) is 9.06. The van der Waals surface area contributed by atoms with Crippen LogP contribution in [0.1, 0.15) is 11.4 Å². The van der Waals surface area contributed by atoms with Crippen LogP contribution in [0.4, 0.5) is 0 Å². The lowest BCUT2D eigenvalue weighted by Crippen LogP contribution is -2.06. The zero-order valence-corrected chi connectivity index (χ0v) is 11.8. The fraction of sp³-hybridized carbons (Fsp3) is 0.250. The van der Waals surface area contributed by atoms with E-state index < -0.39 is 5.97 Å². The van der Waals surface area contributed by atoms with E-state index in [0.717, 1.165) is 23.1 Å². The van der Waals surface area contributed by atoms with Gasteiger partial charge in [0.25, 0.3) is 0 Å². The molecular formula is C12H12ClN3O2S. The summed E-state index contributed by atoms with van der Waals surface area (Å²) in [7, 11) is 0. The number of halogens is 1. The Kier molecular flexibility index (Phi) is 4.44. The number of hydrogen-bond acceptors (Lipinski definition) is 4. The van der Waals surface area contributed by atoms with Crippen molar-refractivity contribution in [1.82, 2.24) is 14.8 Å². The number of hydrogen-bond donors (Lipinski definition) is 1. The lowest BCUT2D eigenvalue weighted by Gasteiger charge is -2.07. The molecule has 1 heterocycles. The summed E-state index contributed by atoms with van der Waals surface area (Å²) in [4.78, 5) is 10.6. The first-order valence-electron chi connectivity index (χ1n) is 5.55. The molecule has 5 nitrogen and oxygen atoms in total. The average Bonchev–Trinajstić information content (AvgIpc) is 2.71. The predicted molar refractivity (Wildman–Crippen MR) is 73.7 cm³/mol. The second-order valence-corrected chi connectivity index (χ2v) is 5.30. The van der Waals surface area contributed by atoms with Gasteiger partial charge in [-0.1, -0.05) is 35.5 Å². The van der Waals surface area contributed by atoms with E-state index in [1.54, 1.807) is 0 Å². The van der Waals surface area contributed by atoms with Gasteiger partial charge in [0, 0.05) is 5.02 Å². The molecule has 0 aliphatic heterocycles. The number of rotatable bonds is 5. The van der Waals surface area contributed by atoms with Gasteiger partial charge in [0.2, 0.25) is 0 Å². The molecule has 19 heavy (non-hydrogen) atoms. The van der Waals surface area contributed by atoms with Crippen LogP contribution >= 0.6 is 23.4 Å². The number of nitrogens with zero attached hydrogens (tertiary/aromatic N) is 3. The van der Waals surface area contributed by atoms with E-state index >= 15 is 0 Å². The molecule has 0 fully saturated rings. The van der Waals surface area contributed by atoms with Gasteiger partial charge in [0.15, 0.2) is 5.16 Å². The van der Waals surface area contributed by atoms with E-state index in [1.165, 1.54) is 0 Å². The molecule has 0 atom stereocenters. The minimum Gasteiger partial charge on any atom is -0.481 e. The maximum atomic E-state index is 10.6.